The predicted molar refractivity (Wildman–Crippen MR) is 73.7 cm³/mol. The van der Waals surface area contributed by atoms with Crippen LogP contribution in [0.25, 0.3) is 0 Å². The molecule has 3 nitrogen and oxygen atoms in total. The second-order valence-electron chi connectivity index (χ2n) is 4.22. The van der Waals surface area contributed by atoms with Crippen molar-refractivity contribution in [2.45, 2.75) is 46.1 Å². The molecular weight excluding hydrogens is 232 g/mol. The summed E-state index contributed by atoms with van der Waals surface area (Å²) >= 11 is 1.72. The fourth-order valence-corrected chi connectivity index (χ4v) is 2.41. The standard InChI is InChI=1S/C13H24N2OS/c1-4-7-14-9-12(5-2)16-8-6-13-11(3)15-10-17-13/h10,12,14H,4-9H2,1-3H3. The van der Waals surface area contributed by atoms with Crippen LogP contribution >= 0.6 is 11.3 Å². The Morgan fingerprint density at radius 1 is 1.47 bits per heavy atom. The molecule has 1 aromatic rings. The number of thiazole rings is 1. The van der Waals surface area contributed by atoms with E-state index in [2.05, 4.69) is 31.1 Å². The molecule has 0 aliphatic carbocycles. The normalized spacial score (nSPS) is 12.9. The van der Waals surface area contributed by atoms with Crippen LogP contribution < -0.4 is 5.32 Å². The van der Waals surface area contributed by atoms with Gasteiger partial charge in [0.2, 0.25) is 0 Å². The van der Waals surface area contributed by atoms with Crippen molar-refractivity contribution in [2.24, 2.45) is 0 Å². The third-order valence-corrected chi connectivity index (χ3v) is 3.78. The zero-order valence-corrected chi connectivity index (χ0v) is 12.0. The lowest BCUT2D eigenvalue weighted by Gasteiger charge is -2.16. The molecule has 0 saturated carbocycles. The molecule has 0 radical (unpaired) electrons. The maximum Gasteiger partial charge on any atom is 0.0797 e. The summed E-state index contributed by atoms with van der Waals surface area (Å²) in [5.74, 6) is 0. The number of ether oxygens (including phenoxy) is 1. The van der Waals surface area contributed by atoms with Gasteiger partial charge in [-0.25, -0.2) is 4.98 Å². The highest BCUT2D eigenvalue weighted by Crippen LogP contribution is 2.13. The monoisotopic (exact) mass is 256 g/mol. The Kier molecular flexibility index (Phi) is 7.40. The molecule has 1 heterocycles. The Morgan fingerprint density at radius 3 is 2.88 bits per heavy atom. The average molecular weight is 256 g/mol. The molecule has 1 rings (SSSR count). The number of aromatic nitrogens is 1. The van der Waals surface area contributed by atoms with Crippen LogP contribution in [0.15, 0.2) is 5.51 Å². The molecule has 0 aliphatic heterocycles. The van der Waals surface area contributed by atoms with Crippen molar-refractivity contribution in [1.82, 2.24) is 10.3 Å². The lowest BCUT2D eigenvalue weighted by Crippen LogP contribution is -2.29. The van der Waals surface area contributed by atoms with Gasteiger partial charge in [0.15, 0.2) is 0 Å². The van der Waals surface area contributed by atoms with Gasteiger partial charge in [0, 0.05) is 17.8 Å². The molecule has 0 fully saturated rings. The summed E-state index contributed by atoms with van der Waals surface area (Å²) < 4.78 is 5.88. The number of nitrogens with one attached hydrogen (secondary N) is 1. The van der Waals surface area contributed by atoms with E-state index in [9.17, 15) is 0 Å². The summed E-state index contributed by atoms with van der Waals surface area (Å²) in [6.45, 7) is 9.26. The van der Waals surface area contributed by atoms with Crippen LogP contribution in [0.3, 0.4) is 0 Å². The first-order chi connectivity index (χ1) is 8.27. The van der Waals surface area contributed by atoms with Crippen molar-refractivity contribution >= 4 is 11.3 Å². The van der Waals surface area contributed by atoms with E-state index in [0.29, 0.717) is 6.10 Å². The SMILES string of the molecule is CCCNCC(CC)OCCc1scnc1C. The largest absolute Gasteiger partial charge is 0.377 e. The van der Waals surface area contributed by atoms with Gasteiger partial charge >= 0.3 is 0 Å². The minimum atomic E-state index is 0.342. The third-order valence-electron chi connectivity index (χ3n) is 2.78. The summed E-state index contributed by atoms with van der Waals surface area (Å²) in [6.07, 6.45) is 3.57. The summed E-state index contributed by atoms with van der Waals surface area (Å²) in [5.41, 5.74) is 3.06. The molecule has 1 aromatic heterocycles. The summed E-state index contributed by atoms with van der Waals surface area (Å²) in [5, 5.41) is 3.41. The van der Waals surface area contributed by atoms with E-state index in [0.717, 1.165) is 38.2 Å². The zero-order valence-electron chi connectivity index (χ0n) is 11.2. The van der Waals surface area contributed by atoms with Crippen molar-refractivity contribution < 1.29 is 4.74 Å². The first-order valence-electron chi connectivity index (χ1n) is 6.49. The van der Waals surface area contributed by atoms with Gasteiger partial charge in [0.1, 0.15) is 0 Å². The van der Waals surface area contributed by atoms with Crippen molar-refractivity contribution in [3.8, 4) is 0 Å². The Labute approximate surface area is 109 Å². The smallest absolute Gasteiger partial charge is 0.0797 e. The van der Waals surface area contributed by atoms with Crippen LogP contribution in [-0.4, -0.2) is 30.8 Å². The van der Waals surface area contributed by atoms with E-state index in [4.69, 9.17) is 4.74 Å². The second-order valence-corrected chi connectivity index (χ2v) is 5.16. The Hall–Kier alpha value is -0.450. The maximum atomic E-state index is 5.88. The molecular formula is C13H24N2OS. The quantitative estimate of drug-likeness (QED) is 0.690. The van der Waals surface area contributed by atoms with E-state index >= 15 is 0 Å². The molecule has 17 heavy (non-hydrogen) atoms. The van der Waals surface area contributed by atoms with Crippen LogP contribution in [0.1, 0.15) is 37.3 Å². The number of nitrogens with zero attached hydrogens (tertiary/aromatic N) is 1. The topological polar surface area (TPSA) is 34.1 Å². The highest BCUT2D eigenvalue weighted by Gasteiger charge is 2.07. The second kappa shape index (κ2) is 8.61. The van der Waals surface area contributed by atoms with Crippen LogP contribution in [-0.2, 0) is 11.2 Å². The van der Waals surface area contributed by atoms with Crippen molar-refractivity contribution in [2.75, 3.05) is 19.7 Å². The van der Waals surface area contributed by atoms with Gasteiger partial charge in [-0.05, 0) is 26.3 Å². The van der Waals surface area contributed by atoms with Crippen LogP contribution in [0, 0.1) is 6.92 Å². The molecule has 0 aliphatic rings. The minimum absolute atomic E-state index is 0.342. The van der Waals surface area contributed by atoms with Gasteiger partial charge in [-0.15, -0.1) is 11.3 Å². The molecule has 1 atom stereocenters. The van der Waals surface area contributed by atoms with Crippen LogP contribution in [0.2, 0.25) is 0 Å². The summed E-state index contributed by atoms with van der Waals surface area (Å²) in [6, 6.07) is 0. The zero-order chi connectivity index (χ0) is 12.5. The molecule has 98 valence electrons. The van der Waals surface area contributed by atoms with E-state index < -0.39 is 0 Å². The van der Waals surface area contributed by atoms with E-state index in [1.165, 1.54) is 11.3 Å². The lowest BCUT2D eigenvalue weighted by molar-refractivity contribution is 0.0532. The van der Waals surface area contributed by atoms with Gasteiger partial charge in [0.05, 0.1) is 23.9 Å². The first-order valence-corrected chi connectivity index (χ1v) is 7.37. The number of rotatable bonds is 9. The minimum Gasteiger partial charge on any atom is -0.377 e. The molecule has 0 aromatic carbocycles. The van der Waals surface area contributed by atoms with Gasteiger partial charge in [-0.3, -0.25) is 0 Å². The molecule has 1 unspecified atom stereocenters. The molecule has 1 N–H and O–H groups in total. The van der Waals surface area contributed by atoms with Gasteiger partial charge in [-0.2, -0.15) is 0 Å². The lowest BCUT2D eigenvalue weighted by atomic mass is 10.2. The first kappa shape index (κ1) is 14.6. The number of hydrogen-bond donors (Lipinski definition) is 1. The highest BCUT2D eigenvalue weighted by molar-refractivity contribution is 7.09. The Balaban J connectivity index is 2.17. The van der Waals surface area contributed by atoms with Gasteiger partial charge in [-0.1, -0.05) is 13.8 Å². The average Bonchev–Trinajstić information content (AvgIpc) is 2.73. The van der Waals surface area contributed by atoms with Crippen molar-refractivity contribution in [1.29, 1.82) is 0 Å². The predicted octanol–water partition coefficient (Wildman–Crippen LogP) is 2.79. The maximum absolute atomic E-state index is 5.88. The van der Waals surface area contributed by atoms with Crippen molar-refractivity contribution in [3.05, 3.63) is 16.1 Å². The van der Waals surface area contributed by atoms with E-state index in [1.54, 1.807) is 11.3 Å². The fourth-order valence-electron chi connectivity index (χ4n) is 1.65. The fraction of sp³-hybridized carbons (Fsp3) is 0.769. The van der Waals surface area contributed by atoms with E-state index in [1.807, 2.05) is 5.51 Å². The summed E-state index contributed by atoms with van der Waals surface area (Å²) in [7, 11) is 0. The summed E-state index contributed by atoms with van der Waals surface area (Å²) in [4.78, 5) is 5.59. The third kappa shape index (κ3) is 5.61. The molecule has 0 saturated heterocycles. The molecule has 0 amide bonds. The molecule has 0 spiro atoms. The van der Waals surface area contributed by atoms with Crippen LogP contribution in [0.5, 0.6) is 0 Å². The van der Waals surface area contributed by atoms with Gasteiger partial charge < -0.3 is 10.1 Å². The van der Waals surface area contributed by atoms with Gasteiger partial charge in [0.25, 0.3) is 0 Å². The molecule has 4 heteroatoms. The highest BCUT2D eigenvalue weighted by atomic mass is 32.1. The molecule has 0 bridgehead atoms. The van der Waals surface area contributed by atoms with Crippen molar-refractivity contribution in [3.63, 3.8) is 0 Å². The number of hydrogen-bond acceptors (Lipinski definition) is 4. The Morgan fingerprint density at radius 2 is 2.29 bits per heavy atom. The number of aryl methyl sites for hydroxylation is 1. The van der Waals surface area contributed by atoms with E-state index in [-0.39, 0.29) is 0 Å². The van der Waals surface area contributed by atoms with Crippen LogP contribution in [0.4, 0.5) is 0 Å². The Bertz CT molecular complexity index is 301.